The highest BCUT2D eigenvalue weighted by molar-refractivity contribution is 7.07. The van der Waals surface area contributed by atoms with Gasteiger partial charge in [0.15, 0.2) is 4.80 Å². The summed E-state index contributed by atoms with van der Waals surface area (Å²) >= 11 is 7.66. The zero-order chi connectivity index (χ0) is 27.0. The fourth-order valence-corrected chi connectivity index (χ4v) is 6.46. The van der Waals surface area contributed by atoms with Crippen LogP contribution in [0.25, 0.3) is 6.08 Å². The standard InChI is InChI=1S/C29H30ClN3O4S/c1-5-37-28(35)25-18(3)31-29-33(26(25)21-16-20(30)9-11-23(21)36-4)27(34)24(38-29)15-19-8-10-22(17(2)14-19)32-12-6-7-13-32/h8-11,14-16,26H,5-7,12-13H2,1-4H3/b24-15-/t26-/m0/s1. The number of aryl methyl sites for hydroxylation is 1. The Morgan fingerprint density at radius 2 is 1.95 bits per heavy atom. The molecule has 1 saturated heterocycles. The van der Waals surface area contributed by atoms with E-state index in [1.807, 2.05) is 12.1 Å². The lowest BCUT2D eigenvalue weighted by Crippen LogP contribution is -2.40. The minimum atomic E-state index is -0.791. The van der Waals surface area contributed by atoms with E-state index in [-0.39, 0.29) is 17.7 Å². The first-order chi connectivity index (χ1) is 18.3. The monoisotopic (exact) mass is 551 g/mol. The summed E-state index contributed by atoms with van der Waals surface area (Å²) in [5.41, 5.74) is 4.49. The van der Waals surface area contributed by atoms with E-state index >= 15 is 0 Å². The van der Waals surface area contributed by atoms with Crippen LogP contribution in [0, 0.1) is 6.92 Å². The van der Waals surface area contributed by atoms with Crippen molar-refractivity contribution in [1.82, 2.24) is 4.57 Å². The first-order valence-corrected chi connectivity index (χ1v) is 13.9. The van der Waals surface area contributed by atoms with Crippen molar-refractivity contribution in [2.75, 3.05) is 31.7 Å². The van der Waals surface area contributed by atoms with E-state index < -0.39 is 12.0 Å². The molecule has 0 aliphatic carbocycles. The third-order valence-corrected chi connectivity index (χ3v) is 8.19. The Labute approximate surface area is 230 Å². The Morgan fingerprint density at radius 3 is 2.63 bits per heavy atom. The number of rotatable bonds is 6. The van der Waals surface area contributed by atoms with Gasteiger partial charge in [0.2, 0.25) is 0 Å². The van der Waals surface area contributed by atoms with E-state index in [9.17, 15) is 9.59 Å². The highest BCUT2D eigenvalue weighted by Crippen LogP contribution is 2.37. The topological polar surface area (TPSA) is 73.1 Å². The molecule has 7 nitrogen and oxygen atoms in total. The second-order valence-corrected chi connectivity index (χ2v) is 10.9. The first kappa shape index (κ1) is 26.3. The lowest BCUT2D eigenvalue weighted by atomic mass is 9.95. The molecule has 9 heteroatoms. The number of anilines is 1. The van der Waals surface area contributed by atoms with Crippen LogP contribution in [0.5, 0.6) is 5.75 Å². The van der Waals surface area contributed by atoms with Crippen molar-refractivity contribution in [3.8, 4) is 5.75 Å². The lowest BCUT2D eigenvalue weighted by Gasteiger charge is -2.26. The van der Waals surface area contributed by atoms with Crippen LogP contribution in [0.2, 0.25) is 5.02 Å². The number of aromatic nitrogens is 1. The molecule has 0 N–H and O–H groups in total. The number of nitrogens with zero attached hydrogens (tertiary/aromatic N) is 3. The number of allylic oxidation sites excluding steroid dienone is 1. The molecule has 1 fully saturated rings. The number of carbonyl (C=O) groups is 1. The Morgan fingerprint density at radius 1 is 1.18 bits per heavy atom. The maximum Gasteiger partial charge on any atom is 0.338 e. The van der Waals surface area contributed by atoms with Crippen molar-refractivity contribution in [1.29, 1.82) is 0 Å². The lowest BCUT2D eigenvalue weighted by molar-refractivity contribution is -0.139. The summed E-state index contributed by atoms with van der Waals surface area (Å²) in [6.45, 7) is 7.96. The van der Waals surface area contributed by atoms with E-state index in [1.165, 1.54) is 35.4 Å². The zero-order valence-electron chi connectivity index (χ0n) is 21.9. The summed E-state index contributed by atoms with van der Waals surface area (Å²) in [6, 6.07) is 10.7. The second-order valence-electron chi connectivity index (χ2n) is 9.43. The average Bonchev–Trinajstić information content (AvgIpc) is 3.52. The molecule has 1 aromatic heterocycles. The van der Waals surface area contributed by atoms with Gasteiger partial charge in [-0.1, -0.05) is 29.0 Å². The van der Waals surface area contributed by atoms with Gasteiger partial charge < -0.3 is 14.4 Å². The van der Waals surface area contributed by atoms with E-state index in [1.54, 1.807) is 43.7 Å². The van der Waals surface area contributed by atoms with Crippen molar-refractivity contribution >= 4 is 40.7 Å². The van der Waals surface area contributed by atoms with Gasteiger partial charge in [-0.05, 0) is 81.1 Å². The minimum absolute atomic E-state index is 0.201. The molecule has 0 amide bonds. The van der Waals surface area contributed by atoms with Gasteiger partial charge in [0.1, 0.15) is 11.8 Å². The molecule has 3 aromatic rings. The van der Waals surface area contributed by atoms with Gasteiger partial charge in [-0.15, -0.1) is 0 Å². The molecule has 0 saturated carbocycles. The van der Waals surface area contributed by atoms with Gasteiger partial charge >= 0.3 is 5.97 Å². The van der Waals surface area contributed by atoms with Gasteiger partial charge in [0.05, 0.1) is 29.5 Å². The number of carbonyl (C=O) groups excluding carboxylic acids is 1. The van der Waals surface area contributed by atoms with Crippen molar-refractivity contribution in [3.63, 3.8) is 0 Å². The van der Waals surface area contributed by atoms with Gasteiger partial charge in [-0.25, -0.2) is 9.79 Å². The number of hydrogen-bond acceptors (Lipinski definition) is 7. The number of ether oxygens (including phenoxy) is 2. The van der Waals surface area contributed by atoms with E-state index in [0.717, 1.165) is 18.7 Å². The van der Waals surface area contributed by atoms with E-state index in [0.29, 0.717) is 31.4 Å². The Hall–Kier alpha value is -3.36. The molecule has 38 heavy (non-hydrogen) atoms. The molecule has 0 bridgehead atoms. The van der Waals surface area contributed by atoms with Crippen LogP contribution in [-0.2, 0) is 9.53 Å². The summed E-state index contributed by atoms with van der Waals surface area (Å²) < 4.78 is 13.1. The largest absolute Gasteiger partial charge is 0.496 e. The number of methoxy groups -OCH3 is 1. The summed E-state index contributed by atoms with van der Waals surface area (Å²) in [4.78, 5) is 34.6. The quantitative estimate of drug-likeness (QED) is 0.425. The highest BCUT2D eigenvalue weighted by atomic mass is 35.5. The first-order valence-electron chi connectivity index (χ1n) is 12.7. The third-order valence-electron chi connectivity index (χ3n) is 6.97. The van der Waals surface area contributed by atoms with E-state index in [2.05, 4.69) is 28.9 Å². The molecule has 0 unspecified atom stereocenters. The molecule has 2 aliphatic heterocycles. The van der Waals surface area contributed by atoms with Crippen LogP contribution >= 0.6 is 22.9 Å². The molecule has 0 radical (unpaired) electrons. The van der Waals surface area contributed by atoms with E-state index in [4.69, 9.17) is 21.1 Å². The Balaban J connectivity index is 1.67. The highest BCUT2D eigenvalue weighted by Gasteiger charge is 2.35. The predicted molar refractivity (Wildman–Crippen MR) is 151 cm³/mol. The van der Waals surface area contributed by atoms with Crippen LogP contribution in [0.15, 0.2) is 57.5 Å². The number of halogens is 1. The molecule has 5 rings (SSSR count). The molecule has 198 valence electrons. The molecule has 2 aromatic carbocycles. The molecule has 1 atom stereocenters. The van der Waals surface area contributed by atoms with Crippen LogP contribution < -0.4 is 24.5 Å². The molecule has 3 heterocycles. The van der Waals surface area contributed by atoms with Crippen LogP contribution in [0.1, 0.15) is 49.4 Å². The van der Waals surface area contributed by atoms with Crippen molar-refractivity contribution in [3.05, 3.63) is 89.1 Å². The second kappa shape index (κ2) is 10.8. The van der Waals surface area contributed by atoms with Gasteiger partial charge in [-0.3, -0.25) is 9.36 Å². The molecule has 2 aliphatic rings. The number of esters is 1. The number of hydrogen-bond donors (Lipinski definition) is 0. The van der Waals surface area contributed by atoms with Gasteiger partial charge in [0, 0.05) is 29.4 Å². The predicted octanol–water partition coefficient (Wildman–Crippen LogP) is 4.37. The smallest absolute Gasteiger partial charge is 0.338 e. The zero-order valence-corrected chi connectivity index (χ0v) is 23.5. The molecule has 0 spiro atoms. The summed E-state index contributed by atoms with van der Waals surface area (Å²) in [5.74, 6) is -0.0122. The number of fused-ring (bicyclic) bond motifs is 1. The van der Waals surface area contributed by atoms with Gasteiger partial charge in [-0.2, -0.15) is 0 Å². The van der Waals surface area contributed by atoms with Crippen LogP contribution in [0.3, 0.4) is 0 Å². The number of thiazole rings is 1. The maximum absolute atomic E-state index is 13.9. The molecular formula is C29H30ClN3O4S. The minimum Gasteiger partial charge on any atom is -0.496 e. The molecular weight excluding hydrogens is 522 g/mol. The van der Waals surface area contributed by atoms with Crippen molar-refractivity contribution < 1.29 is 14.3 Å². The average molecular weight is 552 g/mol. The van der Waals surface area contributed by atoms with Crippen LogP contribution in [-0.4, -0.2) is 37.3 Å². The SMILES string of the molecule is CCOC(=O)C1=C(C)N=c2s/c(=C\c3ccc(N4CCCC4)c(C)c3)c(=O)n2[C@H]1c1cc(Cl)ccc1OC. The fraction of sp³-hybridized carbons (Fsp3) is 0.345. The third kappa shape index (κ3) is 4.78. The number of benzene rings is 2. The normalized spacial score (nSPS) is 17.4. The van der Waals surface area contributed by atoms with Gasteiger partial charge in [0.25, 0.3) is 5.56 Å². The summed E-state index contributed by atoms with van der Waals surface area (Å²) in [7, 11) is 1.55. The fourth-order valence-electron chi connectivity index (χ4n) is 5.24. The summed E-state index contributed by atoms with van der Waals surface area (Å²) in [6.07, 6.45) is 4.32. The Kier molecular flexibility index (Phi) is 7.45. The summed E-state index contributed by atoms with van der Waals surface area (Å²) in [5, 5.41) is 0.467. The maximum atomic E-state index is 13.9. The van der Waals surface area contributed by atoms with Crippen molar-refractivity contribution in [2.45, 2.75) is 39.7 Å². The van der Waals surface area contributed by atoms with Crippen molar-refractivity contribution in [2.24, 2.45) is 4.99 Å². The van der Waals surface area contributed by atoms with Crippen LogP contribution in [0.4, 0.5) is 5.69 Å². The Bertz CT molecular complexity index is 1620.